The molecule has 0 aromatic rings. The normalized spacial score (nSPS) is 24.0. The number of hydrogen-bond donors (Lipinski definition) is 0. The first-order chi connectivity index (χ1) is 7.08. The molecule has 0 unspecified atom stereocenters. The first kappa shape index (κ1) is 13.0. The Balaban J connectivity index is 2.23. The summed E-state index contributed by atoms with van der Waals surface area (Å²) in [6, 6.07) is 0. The fourth-order valence-electron chi connectivity index (χ4n) is 2.16. The molecule has 0 aromatic heterocycles. The Hall–Kier alpha value is -0.0800. The lowest BCUT2D eigenvalue weighted by molar-refractivity contribution is -0.0370. The minimum absolute atomic E-state index is 0.486. The van der Waals surface area contributed by atoms with Crippen molar-refractivity contribution in [2.45, 2.75) is 46.6 Å². The molecule has 1 fully saturated rings. The molecular formula is C13H27NO. The summed E-state index contributed by atoms with van der Waals surface area (Å²) >= 11 is 0. The summed E-state index contributed by atoms with van der Waals surface area (Å²) in [6.45, 7) is 13.6. The zero-order chi connectivity index (χ0) is 11.3. The summed E-state index contributed by atoms with van der Waals surface area (Å²) in [6.07, 6.45) is 3.01. The largest absolute Gasteiger partial charge is 0.376 e. The maximum atomic E-state index is 5.80. The highest BCUT2D eigenvalue weighted by molar-refractivity contribution is 4.72. The van der Waals surface area contributed by atoms with Gasteiger partial charge in [-0.1, -0.05) is 27.7 Å². The van der Waals surface area contributed by atoms with Crippen LogP contribution in [0, 0.1) is 11.8 Å². The Bertz CT molecular complexity index is 168. The molecular weight excluding hydrogens is 186 g/mol. The molecule has 0 aliphatic carbocycles. The van der Waals surface area contributed by atoms with Crippen LogP contribution in [0.1, 0.15) is 40.5 Å². The summed E-state index contributed by atoms with van der Waals surface area (Å²) < 4.78 is 5.80. The summed E-state index contributed by atoms with van der Waals surface area (Å²) in [5, 5.41) is 0. The van der Waals surface area contributed by atoms with Crippen LogP contribution in [0.25, 0.3) is 0 Å². The van der Waals surface area contributed by atoms with Crippen molar-refractivity contribution in [1.82, 2.24) is 4.90 Å². The van der Waals surface area contributed by atoms with Crippen molar-refractivity contribution >= 4 is 0 Å². The first-order valence-electron chi connectivity index (χ1n) is 6.42. The van der Waals surface area contributed by atoms with Gasteiger partial charge in [0.1, 0.15) is 0 Å². The minimum Gasteiger partial charge on any atom is -0.376 e. The van der Waals surface area contributed by atoms with Crippen molar-refractivity contribution in [3.8, 4) is 0 Å². The van der Waals surface area contributed by atoms with E-state index in [1.165, 1.54) is 19.4 Å². The van der Waals surface area contributed by atoms with Gasteiger partial charge in [0.2, 0.25) is 0 Å². The highest BCUT2D eigenvalue weighted by Gasteiger charge is 2.20. The van der Waals surface area contributed by atoms with E-state index in [1.54, 1.807) is 0 Å². The van der Waals surface area contributed by atoms with Crippen LogP contribution >= 0.6 is 0 Å². The molecule has 1 aliphatic heterocycles. The standard InChI is InChI=1S/C13H27NO/c1-11(2)5-6-13-10-14(7-8-15-13)9-12(3)4/h11-13H,5-10H2,1-4H3/t13-/m0/s1. The Kier molecular flexibility index (Phi) is 5.62. The number of rotatable bonds is 5. The number of nitrogens with zero attached hydrogens (tertiary/aromatic N) is 1. The molecule has 0 saturated carbocycles. The average Bonchev–Trinajstić information content (AvgIpc) is 2.14. The molecule has 1 aliphatic rings. The Morgan fingerprint density at radius 1 is 1.20 bits per heavy atom. The van der Waals surface area contributed by atoms with Crippen molar-refractivity contribution in [2.24, 2.45) is 11.8 Å². The zero-order valence-electron chi connectivity index (χ0n) is 10.8. The SMILES string of the molecule is CC(C)CC[C@H]1CN(CC(C)C)CCO1. The molecule has 0 spiro atoms. The van der Waals surface area contributed by atoms with Gasteiger partial charge >= 0.3 is 0 Å². The van der Waals surface area contributed by atoms with Gasteiger partial charge in [-0.3, -0.25) is 4.90 Å². The Labute approximate surface area is 95.0 Å². The fourth-order valence-corrected chi connectivity index (χ4v) is 2.16. The third-order valence-corrected chi connectivity index (χ3v) is 2.91. The van der Waals surface area contributed by atoms with Crippen LogP contribution in [-0.4, -0.2) is 37.2 Å². The van der Waals surface area contributed by atoms with E-state index < -0.39 is 0 Å². The molecule has 0 N–H and O–H groups in total. The Morgan fingerprint density at radius 3 is 2.53 bits per heavy atom. The predicted molar refractivity (Wildman–Crippen MR) is 65.1 cm³/mol. The van der Waals surface area contributed by atoms with E-state index in [-0.39, 0.29) is 0 Å². The third kappa shape index (κ3) is 5.53. The molecule has 0 amide bonds. The number of morpholine rings is 1. The lowest BCUT2D eigenvalue weighted by atomic mass is 10.0. The van der Waals surface area contributed by atoms with Gasteiger partial charge in [-0.05, 0) is 24.7 Å². The van der Waals surface area contributed by atoms with Crippen LogP contribution in [0.5, 0.6) is 0 Å². The van der Waals surface area contributed by atoms with E-state index in [4.69, 9.17) is 4.74 Å². The van der Waals surface area contributed by atoms with Crippen LogP contribution in [0.4, 0.5) is 0 Å². The molecule has 15 heavy (non-hydrogen) atoms. The lowest BCUT2D eigenvalue weighted by Crippen LogP contribution is -2.43. The van der Waals surface area contributed by atoms with Gasteiger partial charge in [-0.25, -0.2) is 0 Å². The minimum atomic E-state index is 0.486. The quantitative estimate of drug-likeness (QED) is 0.696. The second-order valence-corrected chi connectivity index (χ2v) is 5.62. The highest BCUT2D eigenvalue weighted by Crippen LogP contribution is 2.15. The van der Waals surface area contributed by atoms with Crippen LogP contribution in [0.15, 0.2) is 0 Å². The van der Waals surface area contributed by atoms with E-state index in [0.29, 0.717) is 6.10 Å². The second-order valence-electron chi connectivity index (χ2n) is 5.62. The maximum Gasteiger partial charge on any atom is 0.0702 e. The van der Waals surface area contributed by atoms with Crippen molar-refractivity contribution in [3.63, 3.8) is 0 Å². The van der Waals surface area contributed by atoms with Crippen LogP contribution in [0.2, 0.25) is 0 Å². The maximum absolute atomic E-state index is 5.80. The van der Waals surface area contributed by atoms with Crippen molar-refractivity contribution in [3.05, 3.63) is 0 Å². The van der Waals surface area contributed by atoms with Crippen LogP contribution in [-0.2, 0) is 4.74 Å². The highest BCUT2D eigenvalue weighted by atomic mass is 16.5. The van der Waals surface area contributed by atoms with Gasteiger partial charge in [0.15, 0.2) is 0 Å². The topological polar surface area (TPSA) is 12.5 Å². The first-order valence-corrected chi connectivity index (χ1v) is 6.42. The summed E-state index contributed by atoms with van der Waals surface area (Å²) in [5.74, 6) is 1.57. The molecule has 1 saturated heterocycles. The monoisotopic (exact) mass is 213 g/mol. The molecule has 2 nitrogen and oxygen atoms in total. The molecule has 1 atom stereocenters. The number of hydrogen-bond acceptors (Lipinski definition) is 2. The zero-order valence-corrected chi connectivity index (χ0v) is 10.8. The van der Waals surface area contributed by atoms with Gasteiger partial charge < -0.3 is 4.74 Å². The van der Waals surface area contributed by atoms with Crippen LogP contribution < -0.4 is 0 Å². The lowest BCUT2D eigenvalue weighted by Gasteiger charge is -2.34. The smallest absolute Gasteiger partial charge is 0.0702 e. The van der Waals surface area contributed by atoms with E-state index in [1.807, 2.05) is 0 Å². The fraction of sp³-hybridized carbons (Fsp3) is 1.00. The van der Waals surface area contributed by atoms with Gasteiger partial charge in [0.05, 0.1) is 12.7 Å². The van der Waals surface area contributed by atoms with Crippen LogP contribution in [0.3, 0.4) is 0 Å². The summed E-state index contributed by atoms with van der Waals surface area (Å²) in [7, 11) is 0. The molecule has 1 rings (SSSR count). The van der Waals surface area contributed by atoms with Crippen molar-refractivity contribution in [2.75, 3.05) is 26.2 Å². The molecule has 0 radical (unpaired) electrons. The van der Waals surface area contributed by atoms with Gasteiger partial charge in [-0.15, -0.1) is 0 Å². The Morgan fingerprint density at radius 2 is 1.93 bits per heavy atom. The molecule has 90 valence electrons. The van der Waals surface area contributed by atoms with Crippen molar-refractivity contribution < 1.29 is 4.74 Å². The molecule has 1 heterocycles. The second kappa shape index (κ2) is 6.49. The summed E-state index contributed by atoms with van der Waals surface area (Å²) in [5.41, 5.74) is 0. The van der Waals surface area contributed by atoms with Gasteiger partial charge in [0.25, 0.3) is 0 Å². The predicted octanol–water partition coefficient (Wildman–Crippen LogP) is 2.78. The van der Waals surface area contributed by atoms with E-state index in [2.05, 4.69) is 32.6 Å². The van der Waals surface area contributed by atoms with Gasteiger partial charge in [0, 0.05) is 19.6 Å². The molecule has 2 heteroatoms. The van der Waals surface area contributed by atoms with E-state index >= 15 is 0 Å². The molecule has 0 aromatic carbocycles. The van der Waals surface area contributed by atoms with Crippen molar-refractivity contribution in [1.29, 1.82) is 0 Å². The van der Waals surface area contributed by atoms with Gasteiger partial charge in [-0.2, -0.15) is 0 Å². The average molecular weight is 213 g/mol. The third-order valence-electron chi connectivity index (χ3n) is 2.91. The summed E-state index contributed by atoms with van der Waals surface area (Å²) in [4.78, 5) is 2.55. The van der Waals surface area contributed by atoms with E-state index in [9.17, 15) is 0 Å². The van der Waals surface area contributed by atoms with E-state index in [0.717, 1.165) is 31.5 Å². The number of ether oxygens (including phenoxy) is 1. The molecule has 0 bridgehead atoms.